The van der Waals surface area contributed by atoms with Gasteiger partial charge in [0.15, 0.2) is 0 Å². The summed E-state index contributed by atoms with van der Waals surface area (Å²) < 4.78 is 29.2. The Morgan fingerprint density at radius 1 is 1.13 bits per heavy atom. The van der Waals surface area contributed by atoms with Gasteiger partial charge in [-0.3, -0.25) is 15.0 Å². The molecule has 4 rings (SSSR count). The van der Waals surface area contributed by atoms with E-state index in [0.29, 0.717) is 23.0 Å². The number of benzene rings is 1. The van der Waals surface area contributed by atoms with Crippen LogP contribution >= 0.6 is 0 Å². The molecule has 0 radical (unpaired) electrons. The van der Waals surface area contributed by atoms with Crippen LogP contribution in [0.25, 0.3) is 10.9 Å². The molecule has 0 aliphatic carbocycles. The van der Waals surface area contributed by atoms with Crippen LogP contribution in [-0.4, -0.2) is 25.6 Å². The standard InChI is InChI=1S/C21H17F2N5O2/c22-15-4-3-13(18(23)6-15)11-28-12-14(8-25-16-2-1-5-24-9-16)17-7-19(21(29)27-30)26-10-20(17)28/h1-7,9-10,12,25,30H,8,11H2,(H,27,29). The topological polar surface area (TPSA) is 92.1 Å². The first-order valence-corrected chi connectivity index (χ1v) is 9.05. The molecule has 0 unspecified atom stereocenters. The second-order valence-corrected chi connectivity index (χ2v) is 6.64. The first-order valence-electron chi connectivity index (χ1n) is 9.05. The van der Waals surface area contributed by atoms with Crippen LogP contribution in [0.1, 0.15) is 21.6 Å². The fourth-order valence-electron chi connectivity index (χ4n) is 3.21. The molecule has 0 aliphatic rings. The summed E-state index contributed by atoms with van der Waals surface area (Å²) >= 11 is 0. The number of nitrogens with one attached hydrogen (secondary N) is 2. The largest absolute Gasteiger partial charge is 0.380 e. The summed E-state index contributed by atoms with van der Waals surface area (Å²) in [6.07, 6.45) is 6.65. The van der Waals surface area contributed by atoms with Crippen molar-refractivity contribution in [3.05, 3.63) is 89.6 Å². The molecule has 0 saturated heterocycles. The average molecular weight is 409 g/mol. The minimum Gasteiger partial charge on any atom is -0.380 e. The average Bonchev–Trinajstić information content (AvgIpc) is 3.11. The number of rotatable bonds is 6. The van der Waals surface area contributed by atoms with Crippen molar-refractivity contribution in [1.29, 1.82) is 0 Å². The van der Waals surface area contributed by atoms with Gasteiger partial charge in [0.05, 0.1) is 23.9 Å². The van der Waals surface area contributed by atoms with Gasteiger partial charge in [-0.05, 0) is 29.8 Å². The monoisotopic (exact) mass is 409 g/mol. The summed E-state index contributed by atoms with van der Waals surface area (Å²) in [6.45, 7) is 0.564. The third-order valence-electron chi connectivity index (χ3n) is 4.68. The van der Waals surface area contributed by atoms with Crippen molar-refractivity contribution in [3.63, 3.8) is 0 Å². The number of hydrogen-bond donors (Lipinski definition) is 3. The molecule has 7 nitrogen and oxygen atoms in total. The first-order chi connectivity index (χ1) is 14.5. The number of fused-ring (bicyclic) bond motifs is 1. The van der Waals surface area contributed by atoms with E-state index < -0.39 is 17.5 Å². The van der Waals surface area contributed by atoms with Crippen molar-refractivity contribution < 1.29 is 18.8 Å². The fraction of sp³-hybridized carbons (Fsp3) is 0.0952. The molecule has 3 aromatic heterocycles. The zero-order valence-corrected chi connectivity index (χ0v) is 15.6. The predicted molar refractivity (Wildman–Crippen MR) is 106 cm³/mol. The van der Waals surface area contributed by atoms with E-state index in [1.165, 1.54) is 18.3 Å². The molecular weight excluding hydrogens is 392 g/mol. The Morgan fingerprint density at radius 3 is 2.73 bits per heavy atom. The summed E-state index contributed by atoms with van der Waals surface area (Å²) in [5.41, 5.74) is 4.22. The molecule has 4 aromatic rings. The zero-order chi connectivity index (χ0) is 21.1. The molecule has 30 heavy (non-hydrogen) atoms. The lowest BCUT2D eigenvalue weighted by Gasteiger charge is -2.07. The van der Waals surface area contributed by atoms with Crippen LogP contribution < -0.4 is 10.8 Å². The zero-order valence-electron chi connectivity index (χ0n) is 15.6. The van der Waals surface area contributed by atoms with Crippen LogP contribution in [-0.2, 0) is 13.1 Å². The van der Waals surface area contributed by atoms with Gasteiger partial charge in [0.1, 0.15) is 17.3 Å². The minimum atomic E-state index is -0.736. The number of hydroxylamine groups is 1. The Kier molecular flexibility index (Phi) is 5.36. The highest BCUT2D eigenvalue weighted by atomic mass is 19.1. The van der Waals surface area contributed by atoms with Crippen LogP contribution in [0.5, 0.6) is 0 Å². The van der Waals surface area contributed by atoms with E-state index in [-0.39, 0.29) is 12.2 Å². The molecule has 9 heteroatoms. The van der Waals surface area contributed by atoms with E-state index >= 15 is 0 Å². The molecule has 0 fully saturated rings. The fourth-order valence-corrected chi connectivity index (χ4v) is 3.21. The molecule has 1 aromatic carbocycles. The Balaban J connectivity index is 1.73. The maximum Gasteiger partial charge on any atom is 0.293 e. The molecule has 0 spiro atoms. The van der Waals surface area contributed by atoms with Gasteiger partial charge in [-0.2, -0.15) is 0 Å². The molecule has 1 amide bonds. The van der Waals surface area contributed by atoms with E-state index in [1.807, 2.05) is 12.3 Å². The van der Waals surface area contributed by atoms with Crippen molar-refractivity contribution in [2.75, 3.05) is 5.32 Å². The molecule has 152 valence electrons. The normalized spacial score (nSPS) is 10.9. The summed E-state index contributed by atoms with van der Waals surface area (Å²) in [7, 11) is 0. The summed E-state index contributed by atoms with van der Waals surface area (Å²) in [5, 5.41) is 12.9. The number of carbonyl (C=O) groups excluding carboxylic acids is 1. The lowest BCUT2D eigenvalue weighted by atomic mass is 10.1. The number of halogens is 2. The summed E-state index contributed by atoms with van der Waals surface area (Å²) in [6, 6.07) is 8.66. The van der Waals surface area contributed by atoms with Crippen molar-refractivity contribution in [2.24, 2.45) is 0 Å². The number of carbonyl (C=O) groups is 1. The molecule has 0 bridgehead atoms. The van der Waals surface area contributed by atoms with Crippen molar-refractivity contribution in [1.82, 2.24) is 20.0 Å². The van der Waals surface area contributed by atoms with Gasteiger partial charge in [-0.15, -0.1) is 0 Å². The van der Waals surface area contributed by atoms with Gasteiger partial charge in [-0.1, -0.05) is 6.07 Å². The number of nitrogens with zero attached hydrogens (tertiary/aromatic N) is 3. The molecule has 3 heterocycles. The Labute approximate surface area is 170 Å². The van der Waals surface area contributed by atoms with Gasteiger partial charge in [-0.25, -0.2) is 19.2 Å². The van der Waals surface area contributed by atoms with Gasteiger partial charge in [0, 0.05) is 42.2 Å². The Bertz CT molecular complexity index is 1210. The number of aromatic nitrogens is 3. The summed E-state index contributed by atoms with van der Waals surface area (Å²) in [4.78, 5) is 19.9. The third kappa shape index (κ3) is 3.96. The van der Waals surface area contributed by atoms with E-state index in [4.69, 9.17) is 5.21 Å². The van der Waals surface area contributed by atoms with Crippen LogP contribution in [0.4, 0.5) is 14.5 Å². The van der Waals surface area contributed by atoms with E-state index in [9.17, 15) is 13.6 Å². The molecule has 3 N–H and O–H groups in total. The molecular formula is C21H17F2N5O2. The van der Waals surface area contributed by atoms with Crippen LogP contribution in [0, 0.1) is 11.6 Å². The van der Waals surface area contributed by atoms with Crippen molar-refractivity contribution in [2.45, 2.75) is 13.1 Å². The van der Waals surface area contributed by atoms with Gasteiger partial charge in [0.2, 0.25) is 0 Å². The van der Waals surface area contributed by atoms with Gasteiger partial charge >= 0.3 is 0 Å². The Hall–Kier alpha value is -3.85. The van der Waals surface area contributed by atoms with E-state index in [1.54, 1.807) is 34.6 Å². The Morgan fingerprint density at radius 2 is 2.00 bits per heavy atom. The number of pyridine rings is 2. The maximum atomic E-state index is 14.2. The SMILES string of the molecule is O=C(NO)c1cc2c(CNc3cccnc3)cn(Cc3ccc(F)cc3F)c2cn1. The molecule has 0 saturated carbocycles. The third-order valence-corrected chi connectivity index (χ3v) is 4.68. The second-order valence-electron chi connectivity index (χ2n) is 6.64. The molecule has 0 aliphatic heterocycles. The lowest BCUT2D eigenvalue weighted by molar-refractivity contribution is 0.0701. The van der Waals surface area contributed by atoms with Crippen molar-refractivity contribution >= 4 is 22.5 Å². The lowest BCUT2D eigenvalue weighted by Crippen LogP contribution is -2.19. The number of anilines is 1. The second kappa shape index (κ2) is 8.26. The van der Waals surface area contributed by atoms with Crippen LogP contribution in [0.3, 0.4) is 0 Å². The van der Waals surface area contributed by atoms with Gasteiger partial charge in [0.25, 0.3) is 5.91 Å². The molecule has 0 atom stereocenters. The predicted octanol–water partition coefficient (Wildman–Crippen LogP) is 3.49. The summed E-state index contributed by atoms with van der Waals surface area (Å²) in [5.74, 6) is -2.02. The first kappa shape index (κ1) is 19.5. The highest BCUT2D eigenvalue weighted by Gasteiger charge is 2.15. The maximum absolute atomic E-state index is 14.2. The number of amides is 1. The minimum absolute atomic E-state index is 0.0401. The van der Waals surface area contributed by atoms with Crippen molar-refractivity contribution in [3.8, 4) is 0 Å². The quantitative estimate of drug-likeness (QED) is 0.335. The highest BCUT2D eigenvalue weighted by molar-refractivity contribution is 5.96. The van der Waals surface area contributed by atoms with Crippen LogP contribution in [0.15, 0.2) is 61.2 Å². The van der Waals surface area contributed by atoms with E-state index in [0.717, 1.165) is 17.3 Å². The number of hydrogen-bond acceptors (Lipinski definition) is 5. The van der Waals surface area contributed by atoms with E-state index in [2.05, 4.69) is 15.3 Å². The highest BCUT2D eigenvalue weighted by Crippen LogP contribution is 2.25. The van der Waals surface area contributed by atoms with Crippen LogP contribution in [0.2, 0.25) is 0 Å². The van der Waals surface area contributed by atoms with Gasteiger partial charge < -0.3 is 9.88 Å². The smallest absolute Gasteiger partial charge is 0.293 e.